The summed E-state index contributed by atoms with van der Waals surface area (Å²) in [6, 6.07) is 24.0. The summed E-state index contributed by atoms with van der Waals surface area (Å²) in [5, 5.41) is 8.23. The molecule has 0 radical (unpaired) electrons. The van der Waals surface area contributed by atoms with Crippen LogP contribution in [-0.4, -0.2) is 40.6 Å². The van der Waals surface area contributed by atoms with Crippen LogP contribution in [0.2, 0.25) is 0 Å². The summed E-state index contributed by atoms with van der Waals surface area (Å²) in [5.41, 5.74) is 3.92. The number of hydrogen-bond acceptors (Lipinski definition) is 6. The fourth-order valence-electron chi connectivity index (χ4n) is 3.28. The molecule has 4 rings (SSSR count). The highest BCUT2D eigenvalue weighted by molar-refractivity contribution is 5.91. The first-order valence-electron chi connectivity index (χ1n) is 10.5. The van der Waals surface area contributed by atoms with Gasteiger partial charge in [-0.15, -0.1) is 10.2 Å². The molecule has 0 bridgehead atoms. The van der Waals surface area contributed by atoms with Crippen molar-refractivity contribution in [1.29, 1.82) is 0 Å². The summed E-state index contributed by atoms with van der Waals surface area (Å²) < 4.78 is 11.0. The van der Waals surface area contributed by atoms with Crippen LogP contribution in [0.5, 0.6) is 0 Å². The molecule has 0 N–H and O–H groups in total. The van der Waals surface area contributed by atoms with Crippen LogP contribution in [0.25, 0.3) is 22.9 Å². The summed E-state index contributed by atoms with van der Waals surface area (Å²) in [4.78, 5) is 26.2. The highest BCUT2D eigenvalue weighted by Gasteiger charge is 2.16. The average molecular weight is 441 g/mol. The molecule has 33 heavy (non-hydrogen) atoms. The molecular weight excluding hydrogens is 418 g/mol. The van der Waals surface area contributed by atoms with E-state index in [1.54, 1.807) is 31.3 Å². The van der Waals surface area contributed by atoms with Gasteiger partial charge in [0.05, 0.1) is 5.56 Å². The molecular formula is C26H23N3O4. The summed E-state index contributed by atoms with van der Waals surface area (Å²) >= 11 is 0. The number of carbonyl (C=O) groups excluding carboxylic acids is 2. The van der Waals surface area contributed by atoms with Crippen molar-refractivity contribution in [3.63, 3.8) is 0 Å². The molecule has 1 amide bonds. The van der Waals surface area contributed by atoms with Crippen molar-refractivity contribution in [1.82, 2.24) is 15.1 Å². The lowest BCUT2D eigenvalue weighted by molar-refractivity contribution is -0.133. The molecule has 3 aromatic carbocycles. The maximum absolute atomic E-state index is 12.4. The van der Waals surface area contributed by atoms with Gasteiger partial charge in [-0.25, -0.2) is 4.79 Å². The highest BCUT2D eigenvalue weighted by Crippen LogP contribution is 2.26. The zero-order valence-electron chi connectivity index (χ0n) is 18.4. The Bertz CT molecular complexity index is 1250. The third-order valence-electron chi connectivity index (χ3n) is 5.18. The third-order valence-corrected chi connectivity index (χ3v) is 5.18. The quantitative estimate of drug-likeness (QED) is 0.392. The molecule has 0 atom stereocenters. The molecule has 0 spiro atoms. The molecule has 1 heterocycles. The van der Waals surface area contributed by atoms with Crippen molar-refractivity contribution in [2.45, 2.75) is 13.5 Å². The lowest BCUT2D eigenvalue weighted by Crippen LogP contribution is -2.30. The lowest BCUT2D eigenvalue weighted by atomic mass is 10.1. The van der Waals surface area contributed by atoms with E-state index in [9.17, 15) is 9.59 Å². The largest absolute Gasteiger partial charge is 0.452 e. The van der Waals surface area contributed by atoms with Gasteiger partial charge in [0.2, 0.25) is 11.8 Å². The predicted octanol–water partition coefficient (Wildman–Crippen LogP) is 4.53. The monoisotopic (exact) mass is 441 g/mol. The van der Waals surface area contributed by atoms with Gasteiger partial charge in [-0.3, -0.25) is 4.79 Å². The smallest absolute Gasteiger partial charge is 0.338 e. The van der Waals surface area contributed by atoms with Crippen molar-refractivity contribution < 1.29 is 18.7 Å². The summed E-state index contributed by atoms with van der Waals surface area (Å²) in [6.45, 7) is 2.09. The number of benzene rings is 3. The van der Waals surface area contributed by atoms with Crippen LogP contribution in [0.4, 0.5) is 0 Å². The Morgan fingerprint density at radius 2 is 1.55 bits per heavy atom. The number of nitrogens with zero attached hydrogens (tertiary/aromatic N) is 3. The van der Waals surface area contributed by atoms with Crippen LogP contribution < -0.4 is 0 Å². The molecule has 0 aliphatic heterocycles. The predicted molar refractivity (Wildman–Crippen MR) is 123 cm³/mol. The second-order valence-electron chi connectivity index (χ2n) is 7.62. The van der Waals surface area contributed by atoms with Gasteiger partial charge < -0.3 is 14.1 Å². The second-order valence-corrected chi connectivity index (χ2v) is 7.62. The van der Waals surface area contributed by atoms with Crippen LogP contribution in [0, 0.1) is 6.92 Å². The third kappa shape index (κ3) is 5.33. The maximum atomic E-state index is 12.4. The molecule has 7 nitrogen and oxygen atoms in total. The van der Waals surface area contributed by atoms with Gasteiger partial charge in [0, 0.05) is 24.7 Å². The number of aromatic nitrogens is 2. The van der Waals surface area contributed by atoms with Crippen LogP contribution in [0.1, 0.15) is 21.5 Å². The molecule has 7 heteroatoms. The molecule has 0 saturated carbocycles. The number of aryl methyl sites for hydroxylation is 1. The minimum absolute atomic E-state index is 0.279. The number of hydrogen-bond donors (Lipinski definition) is 0. The van der Waals surface area contributed by atoms with E-state index in [1.165, 1.54) is 4.90 Å². The molecule has 0 aliphatic rings. The van der Waals surface area contributed by atoms with E-state index in [0.29, 0.717) is 29.5 Å². The number of rotatable bonds is 7. The summed E-state index contributed by atoms with van der Waals surface area (Å²) in [5.74, 6) is -0.0665. The van der Waals surface area contributed by atoms with Crippen LogP contribution in [0.15, 0.2) is 83.3 Å². The zero-order chi connectivity index (χ0) is 23.2. The van der Waals surface area contributed by atoms with Gasteiger partial charge in [0.15, 0.2) is 6.61 Å². The normalized spacial score (nSPS) is 10.6. The molecule has 4 aromatic rings. The van der Waals surface area contributed by atoms with Gasteiger partial charge in [0.25, 0.3) is 5.91 Å². The Morgan fingerprint density at radius 1 is 0.879 bits per heavy atom. The van der Waals surface area contributed by atoms with E-state index in [2.05, 4.69) is 10.2 Å². The van der Waals surface area contributed by atoms with Crippen molar-refractivity contribution >= 4 is 11.9 Å². The Labute approximate surface area is 191 Å². The first-order chi connectivity index (χ1) is 16.0. The molecule has 166 valence electrons. The van der Waals surface area contributed by atoms with E-state index in [4.69, 9.17) is 9.15 Å². The molecule has 1 aromatic heterocycles. The zero-order valence-corrected chi connectivity index (χ0v) is 18.4. The fraction of sp³-hybridized carbons (Fsp3) is 0.154. The number of ether oxygens (including phenoxy) is 1. The molecule has 0 saturated heterocycles. The summed E-state index contributed by atoms with van der Waals surface area (Å²) in [6.07, 6.45) is 0. The van der Waals surface area contributed by atoms with E-state index in [1.807, 2.05) is 61.5 Å². The molecule has 0 unspecified atom stereocenters. The Morgan fingerprint density at radius 3 is 2.27 bits per heavy atom. The van der Waals surface area contributed by atoms with Crippen LogP contribution >= 0.6 is 0 Å². The SMILES string of the molecule is Cc1ccccc1-c1nnc(-c2ccc(C(=O)OCC(=O)N(C)Cc3ccccc3)cc2)o1. The van der Waals surface area contributed by atoms with Gasteiger partial charge in [-0.1, -0.05) is 48.5 Å². The van der Waals surface area contributed by atoms with Crippen molar-refractivity contribution in [2.75, 3.05) is 13.7 Å². The van der Waals surface area contributed by atoms with E-state index in [0.717, 1.165) is 16.7 Å². The van der Waals surface area contributed by atoms with Gasteiger partial charge in [-0.2, -0.15) is 0 Å². The van der Waals surface area contributed by atoms with Crippen molar-refractivity contribution in [2.24, 2.45) is 0 Å². The maximum Gasteiger partial charge on any atom is 0.338 e. The first-order valence-corrected chi connectivity index (χ1v) is 10.5. The Balaban J connectivity index is 1.35. The highest BCUT2D eigenvalue weighted by atomic mass is 16.5. The summed E-state index contributed by atoms with van der Waals surface area (Å²) in [7, 11) is 1.67. The van der Waals surface area contributed by atoms with Crippen LogP contribution in [0.3, 0.4) is 0 Å². The minimum atomic E-state index is -0.575. The number of esters is 1. The van der Waals surface area contributed by atoms with Crippen LogP contribution in [-0.2, 0) is 16.1 Å². The second kappa shape index (κ2) is 9.91. The first kappa shape index (κ1) is 22.0. The Kier molecular flexibility index (Phi) is 6.59. The number of carbonyl (C=O) groups is 2. The lowest BCUT2D eigenvalue weighted by Gasteiger charge is -2.17. The number of amides is 1. The topological polar surface area (TPSA) is 85.5 Å². The Hall–Kier alpha value is -4.26. The van der Waals surface area contributed by atoms with E-state index in [-0.39, 0.29) is 12.5 Å². The van der Waals surface area contributed by atoms with E-state index >= 15 is 0 Å². The van der Waals surface area contributed by atoms with Gasteiger partial charge in [0.1, 0.15) is 0 Å². The standard InChI is InChI=1S/C26H23N3O4/c1-18-8-6-7-11-22(18)25-28-27-24(33-25)20-12-14-21(15-13-20)26(31)32-17-23(30)29(2)16-19-9-4-3-5-10-19/h3-15H,16-17H2,1-2H3. The van der Waals surface area contributed by atoms with Crippen molar-refractivity contribution in [3.05, 3.63) is 95.6 Å². The van der Waals surface area contributed by atoms with Gasteiger partial charge >= 0.3 is 5.97 Å². The number of likely N-dealkylation sites (N-methyl/N-ethyl adjacent to an activating group) is 1. The average Bonchev–Trinajstić information content (AvgIpc) is 3.33. The minimum Gasteiger partial charge on any atom is -0.452 e. The molecule has 0 fully saturated rings. The fourth-order valence-corrected chi connectivity index (χ4v) is 3.28. The van der Waals surface area contributed by atoms with E-state index < -0.39 is 5.97 Å². The van der Waals surface area contributed by atoms with Crippen molar-refractivity contribution in [3.8, 4) is 22.9 Å². The molecule has 0 aliphatic carbocycles. The van der Waals surface area contributed by atoms with Gasteiger partial charge in [-0.05, 0) is 48.4 Å².